The third-order valence-corrected chi connectivity index (χ3v) is 7.84. The van der Waals surface area contributed by atoms with Crippen molar-refractivity contribution >= 4 is 84.0 Å². The van der Waals surface area contributed by atoms with Crippen LogP contribution in [0.25, 0.3) is 6.08 Å². The number of ether oxygens (including phenoxy) is 1. The summed E-state index contributed by atoms with van der Waals surface area (Å²) in [7, 11) is 0. The molecule has 0 aromatic heterocycles. The Balaban J connectivity index is 1.49. The van der Waals surface area contributed by atoms with Crippen LogP contribution in [0.2, 0.25) is 10.0 Å². The molecule has 0 bridgehead atoms. The van der Waals surface area contributed by atoms with Gasteiger partial charge in [-0.2, -0.15) is 0 Å². The van der Waals surface area contributed by atoms with Crippen LogP contribution < -0.4 is 4.74 Å². The number of carbonyl (C=O) groups excluding carboxylic acids is 2. The van der Waals surface area contributed by atoms with Crippen molar-refractivity contribution in [1.29, 1.82) is 0 Å². The number of amides is 2. The molecule has 1 aliphatic rings. The zero-order valence-electron chi connectivity index (χ0n) is 17.8. The molecule has 9 heteroatoms. The molecular formula is C25H17Br2Cl2NO3S. The molecule has 0 radical (unpaired) electrons. The Morgan fingerprint density at radius 3 is 2.24 bits per heavy atom. The van der Waals surface area contributed by atoms with Gasteiger partial charge in [0.05, 0.1) is 30.4 Å². The molecule has 0 spiro atoms. The predicted octanol–water partition coefficient (Wildman–Crippen LogP) is 8.64. The Kier molecular flexibility index (Phi) is 8.10. The van der Waals surface area contributed by atoms with Crippen LogP contribution in [-0.4, -0.2) is 16.0 Å². The second-order valence-corrected chi connectivity index (χ2v) is 11.1. The van der Waals surface area contributed by atoms with E-state index in [0.29, 0.717) is 36.3 Å². The summed E-state index contributed by atoms with van der Waals surface area (Å²) in [4.78, 5) is 27.0. The number of benzene rings is 3. The minimum atomic E-state index is -0.303. The van der Waals surface area contributed by atoms with E-state index < -0.39 is 0 Å². The number of aryl methyl sites for hydroxylation is 1. The Morgan fingerprint density at radius 1 is 0.941 bits per heavy atom. The second-order valence-electron chi connectivity index (χ2n) is 7.60. The minimum Gasteiger partial charge on any atom is -0.487 e. The van der Waals surface area contributed by atoms with Crippen molar-refractivity contribution in [2.24, 2.45) is 0 Å². The molecule has 174 valence electrons. The average Bonchev–Trinajstić information content (AvgIpc) is 3.04. The summed E-state index contributed by atoms with van der Waals surface area (Å²) in [6.07, 6.45) is 1.71. The van der Waals surface area contributed by atoms with Gasteiger partial charge in [-0.25, -0.2) is 0 Å². The third kappa shape index (κ3) is 5.89. The first-order chi connectivity index (χ1) is 16.2. The molecule has 34 heavy (non-hydrogen) atoms. The zero-order valence-corrected chi connectivity index (χ0v) is 23.3. The first-order valence-electron chi connectivity index (χ1n) is 10.1. The molecular weight excluding hydrogens is 625 g/mol. The van der Waals surface area contributed by atoms with Crippen LogP contribution in [0.3, 0.4) is 0 Å². The van der Waals surface area contributed by atoms with Crippen LogP contribution in [0, 0.1) is 6.92 Å². The zero-order chi connectivity index (χ0) is 24.4. The summed E-state index contributed by atoms with van der Waals surface area (Å²) in [5, 5.41) is 0.671. The van der Waals surface area contributed by atoms with E-state index in [2.05, 4.69) is 31.9 Å². The normalized spacial score (nSPS) is 14.9. The van der Waals surface area contributed by atoms with Crippen LogP contribution in [0.1, 0.15) is 22.3 Å². The van der Waals surface area contributed by atoms with Gasteiger partial charge in [-0.05, 0) is 97.6 Å². The van der Waals surface area contributed by atoms with E-state index in [-0.39, 0.29) is 17.7 Å². The highest BCUT2D eigenvalue weighted by Gasteiger charge is 2.35. The van der Waals surface area contributed by atoms with Gasteiger partial charge in [-0.1, -0.05) is 59.1 Å². The van der Waals surface area contributed by atoms with Crippen molar-refractivity contribution in [2.75, 3.05) is 0 Å². The van der Waals surface area contributed by atoms with E-state index in [0.717, 1.165) is 34.0 Å². The fourth-order valence-electron chi connectivity index (χ4n) is 3.25. The molecule has 1 saturated heterocycles. The standard InChI is InChI=1S/C25H17Br2Cl2NO3S/c1-14-2-4-15(5-3-14)12-30-24(31)22(34-25(30)32)11-17-8-18(26)23(19(27)9-17)33-13-16-6-7-20(28)21(29)10-16/h2-11H,12-13H2,1H3/b22-11-. The molecule has 1 fully saturated rings. The molecule has 4 rings (SSSR count). The van der Waals surface area contributed by atoms with E-state index in [9.17, 15) is 9.59 Å². The largest absolute Gasteiger partial charge is 0.487 e. The SMILES string of the molecule is Cc1ccc(CN2C(=O)S/C(=C\c3cc(Br)c(OCc4ccc(Cl)c(Cl)c4)c(Br)c3)C2=O)cc1. The van der Waals surface area contributed by atoms with Gasteiger partial charge in [0.25, 0.3) is 11.1 Å². The van der Waals surface area contributed by atoms with Gasteiger partial charge >= 0.3 is 0 Å². The molecule has 0 atom stereocenters. The lowest BCUT2D eigenvalue weighted by Crippen LogP contribution is -2.27. The lowest BCUT2D eigenvalue weighted by molar-refractivity contribution is -0.123. The number of hydrogen-bond acceptors (Lipinski definition) is 4. The highest BCUT2D eigenvalue weighted by atomic mass is 79.9. The topological polar surface area (TPSA) is 46.6 Å². The predicted molar refractivity (Wildman–Crippen MR) is 145 cm³/mol. The van der Waals surface area contributed by atoms with Crippen molar-refractivity contribution < 1.29 is 14.3 Å². The number of nitrogens with zero attached hydrogens (tertiary/aromatic N) is 1. The lowest BCUT2D eigenvalue weighted by atomic mass is 10.1. The molecule has 2 amide bonds. The van der Waals surface area contributed by atoms with Crippen LogP contribution in [0.15, 0.2) is 68.4 Å². The van der Waals surface area contributed by atoms with Gasteiger partial charge in [0.15, 0.2) is 0 Å². The highest BCUT2D eigenvalue weighted by Crippen LogP contribution is 2.38. The van der Waals surface area contributed by atoms with Gasteiger partial charge in [0.1, 0.15) is 12.4 Å². The number of hydrogen-bond donors (Lipinski definition) is 0. The summed E-state index contributed by atoms with van der Waals surface area (Å²) < 4.78 is 7.35. The van der Waals surface area contributed by atoms with Gasteiger partial charge in [-0.15, -0.1) is 0 Å². The van der Waals surface area contributed by atoms with Crippen molar-refractivity contribution in [3.63, 3.8) is 0 Å². The first-order valence-corrected chi connectivity index (χ1v) is 13.2. The monoisotopic (exact) mass is 639 g/mol. The number of carbonyl (C=O) groups is 2. The van der Waals surface area contributed by atoms with Crippen LogP contribution in [-0.2, 0) is 17.9 Å². The molecule has 3 aromatic rings. The van der Waals surface area contributed by atoms with E-state index in [4.69, 9.17) is 27.9 Å². The second kappa shape index (κ2) is 10.9. The fourth-order valence-corrected chi connectivity index (χ4v) is 5.86. The number of rotatable bonds is 6. The van der Waals surface area contributed by atoms with Gasteiger partial charge in [0, 0.05) is 0 Å². The lowest BCUT2D eigenvalue weighted by Gasteiger charge is -2.13. The number of imide groups is 1. The quantitative estimate of drug-likeness (QED) is 0.253. The summed E-state index contributed by atoms with van der Waals surface area (Å²) in [6.45, 7) is 2.54. The smallest absolute Gasteiger partial charge is 0.293 e. The number of thioether (sulfide) groups is 1. The van der Waals surface area contributed by atoms with Gasteiger partial charge < -0.3 is 4.74 Å². The maximum Gasteiger partial charge on any atom is 0.293 e. The molecule has 0 saturated carbocycles. The fraction of sp³-hybridized carbons (Fsp3) is 0.120. The van der Waals surface area contributed by atoms with Crippen LogP contribution >= 0.6 is 66.8 Å². The van der Waals surface area contributed by atoms with E-state index in [1.807, 2.05) is 49.4 Å². The Morgan fingerprint density at radius 2 is 1.59 bits per heavy atom. The molecule has 0 aliphatic carbocycles. The molecule has 3 aromatic carbocycles. The summed E-state index contributed by atoms with van der Waals surface area (Å²) in [5.41, 5.74) is 3.66. The first kappa shape index (κ1) is 25.3. The third-order valence-electron chi connectivity index (χ3n) is 5.02. The van der Waals surface area contributed by atoms with Crippen molar-refractivity contribution in [3.8, 4) is 5.75 Å². The average molecular weight is 642 g/mol. The van der Waals surface area contributed by atoms with E-state index >= 15 is 0 Å². The van der Waals surface area contributed by atoms with Crippen molar-refractivity contribution in [2.45, 2.75) is 20.1 Å². The Labute approximate surface area is 228 Å². The maximum absolute atomic E-state index is 12.9. The molecule has 4 nitrogen and oxygen atoms in total. The van der Waals surface area contributed by atoms with Gasteiger partial charge in [-0.3, -0.25) is 14.5 Å². The molecule has 1 heterocycles. The highest BCUT2D eigenvalue weighted by molar-refractivity contribution is 9.11. The molecule has 0 unspecified atom stereocenters. The summed E-state index contributed by atoms with van der Waals surface area (Å²) >= 11 is 20.1. The maximum atomic E-state index is 12.9. The minimum absolute atomic E-state index is 0.247. The van der Waals surface area contributed by atoms with E-state index in [1.54, 1.807) is 18.2 Å². The number of halogens is 4. The van der Waals surface area contributed by atoms with Gasteiger partial charge in [0.2, 0.25) is 0 Å². The summed E-state index contributed by atoms with van der Waals surface area (Å²) in [5.74, 6) is 0.304. The van der Waals surface area contributed by atoms with Crippen molar-refractivity contribution in [1.82, 2.24) is 4.90 Å². The van der Waals surface area contributed by atoms with Crippen molar-refractivity contribution in [3.05, 3.63) is 101 Å². The summed E-state index contributed by atoms with van der Waals surface area (Å²) in [6, 6.07) is 16.8. The van der Waals surface area contributed by atoms with E-state index in [1.165, 1.54) is 4.90 Å². The van der Waals surface area contributed by atoms with Crippen LogP contribution in [0.5, 0.6) is 5.75 Å². The molecule has 1 aliphatic heterocycles. The molecule has 0 N–H and O–H groups in total. The van der Waals surface area contributed by atoms with Crippen LogP contribution in [0.4, 0.5) is 4.79 Å². The Bertz CT molecular complexity index is 1290. The Hall–Kier alpha value is -1.77.